The van der Waals surface area contributed by atoms with E-state index in [1.165, 1.54) is 11.8 Å². The van der Waals surface area contributed by atoms with E-state index in [1.807, 2.05) is 12.1 Å². The molecule has 2 fully saturated rings. The van der Waals surface area contributed by atoms with Gasteiger partial charge in [0.05, 0.1) is 24.6 Å². The van der Waals surface area contributed by atoms with E-state index in [9.17, 15) is 20.0 Å². The molecule has 0 saturated carbocycles. The highest BCUT2D eigenvalue weighted by atomic mass is 16.6. The van der Waals surface area contributed by atoms with Crippen molar-refractivity contribution in [2.45, 2.75) is 30.7 Å². The largest absolute Gasteiger partial charge is 0.451 e. The van der Waals surface area contributed by atoms with Gasteiger partial charge in [0, 0.05) is 19.0 Å². The van der Waals surface area contributed by atoms with Crippen LogP contribution < -0.4 is 4.90 Å². The van der Waals surface area contributed by atoms with Gasteiger partial charge in [-0.15, -0.1) is 6.58 Å². The number of benzene rings is 1. The molecule has 3 atom stereocenters. The number of aliphatic imine (C=N–C) groups is 1. The summed E-state index contributed by atoms with van der Waals surface area (Å²) in [5.41, 5.74) is -0.651. The predicted octanol–water partition coefficient (Wildman–Crippen LogP) is 1.47. The lowest BCUT2D eigenvalue weighted by Gasteiger charge is -2.28. The summed E-state index contributed by atoms with van der Waals surface area (Å²) in [5.74, 6) is 0. The number of aliphatic hydroxyl groups is 1. The number of ether oxygens (including phenoxy) is 2. The zero-order chi connectivity index (χ0) is 20.8. The van der Waals surface area contributed by atoms with Gasteiger partial charge in [0.1, 0.15) is 12.6 Å². The van der Waals surface area contributed by atoms with Crippen molar-refractivity contribution in [3.05, 3.63) is 52.6 Å². The number of aliphatic hydroxyl groups excluding tert-OH is 1. The van der Waals surface area contributed by atoms with Crippen LogP contribution in [0.1, 0.15) is 18.9 Å². The second-order valence-corrected chi connectivity index (χ2v) is 7.66. The molecule has 29 heavy (non-hydrogen) atoms. The zero-order valence-electron chi connectivity index (χ0n) is 16.0. The molecule has 1 aromatic carbocycles. The Balaban J connectivity index is 1.59. The van der Waals surface area contributed by atoms with Crippen molar-refractivity contribution >= 4 is 17.8 Å². The number of carbonyl (C=O) groups excluding carboxylic acids is 1. The molecular weight excluding hydrogens is 380 g/mol. The maximum absolute atomic E-state index is 12.0. The number of carbonyl (C=O) groups is 1. The van der Waals surface area contributed by atoms with Crippen LogP contribution in [-0.4, -0.2) is 65.1 Å². The Bertz CT molecular complexity index is 887. The van der Waals surface area contributed by atoms with Gasteiger partial charge >= 0.3 is 11.8 Å². The van der Waals surface area contributed by atoms with Crippen molar-refractivity contribution in [2.75, 3.05) is 31.1 Å². The molecule has 3 aliphatic heterocycles. The highest BCUT2D eigenvalue weighted by Gasteiger charge is 2.55. The third kappa shape index (κ3) is 3.09. The summed E-state index contributed by atoms with van der Waals surface area (Å²) in [5, 5.41) is 20.5. The number of nitro groups is 1. The van der Waals surface area contributed by atoms with Crippen molar-refractivity contribution in [3.8, 4) is 0 Å². The third-order valence-electron chi connectivity index (χ3n) is 5.48. The van der Waals surface area contributed by atoms with E-state index in [2.05, 4.69) is 11.6 Å². The van der Waals surface area contributed by atoms with Crippen LogP contribution in [0.25, 0.3) is 0 Å². The molecule has 4 rings (SSSR count). The van der Waals surface area contributed by atoms with Gasteiger partial charge in [0.15, 0.2) is 5.60 Å². The predicted molar refractivity (Wildman–Crippen MR) is 103 cm³/mol. The van der Waals surface area contributed by atoms with Gasteiger partial charge < -0.3 is 19.5 Å². The molecule has 10 heteroatoms. The summed E-state index contributed by atoms with van der Waals surface area (Å²) in [6, 6.07) is 7.55. The number of nitrogens with zero attached hydrogens (tertiary/aromatic N) is 4. The molecule has 0 aromatic heterocycles. The molecule has 3 heterocycles. The van der Waals surface area contributed by atoms with Gasteiger partial charge in [-0.25, -0.2) is 4.79 Å². The Kier molecular flexibility index (Phi) is 4.45. The zero-order valence-corrected chi connectivity index (χ0v) is 16.0. The van der Waals surface area contributed by atoms with Crippen molar-refractivity contribution in [3.63, 3.8) is 0 Å². The number of fused-ring (bicyclic) bond motifs is 1. The van der Waals surface area contributed by atoms with Crippen molar-refractivity contribution in [1.82, 2.24) is 4.90 Å². The maximum Gasteiger partial charge on any atom is 0.414 e. The highest BCUT2D eigenvalue weighted by molar-refractivity contribution is 5.89. The molecule has 0 bridgehead atoms. The van der Waals surface area contributed by atoms with Crippen molar-refractivity contribution < 1.29 is 24.3 Å². The fourth-order valence-electron chi connectivity index (χ4n) is 3.95. The van der Waals surface area contributed by atoms with E-state index in [4.69, 9.17) is 9.47 Å². The second kappa shape index (κ2) is 6.73. The molecule has 2 unspecified atom stereocenters. The second-order valence-electron chi connectivity index (χ2n) is 7.66. The fourth-order valence-corrected chi connectivity index (χ4v) is 3.95. The number of rotatable bonds is 6. The molecule has 0 aliphatic carbocycles. The highest BCUT2D eigenvalue weighted by Crippen LogP contribution is 2.41. The van der Waals surface area contributed by atoms with Crippen LogP contribution in [0.4, 0.5) is 10.5 Å². The summed E-state index contributed by atoms with van der Waals surface area (Å²) in [7, 11) is 0. The number of anilines is 1. The van der Waals surface area contributed by atoms with E-state index >= 15 is 0 Å². The summed E-state index contributed by atoms with van der Waals surface area (Å²) < 4.78 is 11.2. The molecule has 2 saturated heterocycles. The number of amidine groups is 1. The van der Waals surface area contributed by atoms with E-state index in [1.54, 1.807) is 23.1 Å². The number of amides is 1. The van der Waals surface area contributed by atoms with Crippen LogP contribution >= 0.6 is 0 Å². The van der Waals surface area contributed by atoms with E-state index < -0.39 is 28.4 Å². The first-order valence-electron chi connectivity index (χ1n) is 9.29. The molecule has 1 N–H and O–H groups in total. The van der Waals surface area contributed by atoms with Crippen LogP contribution in [-0.2, 0) is 15.1 Å². The van der Waals surface area contributed by atoms with E-state index in [0.29, 0.717) is 18.7 Å². The lowest BCUT2D eigenvalue weighted by Crippen LogP contribution is -2.41. The first-order chi connectivity index (χ1) is 13.8. The third-order valence-corrected chi connectivity index (χ3v) is 5.48. The smallest absolute Gasteiger partial charge is 0.414 e. The Morgan fingerprint density at radius 2 is 2.14 bits per heavy atom. The minimum Gasteiger partial charge on any atom is -0.451 e. The SMILES string of the molecule is C=CCC1(c2ccc(N3C[C@H](CO)OC3=O)cc2)CN2CC(C)([N+](=O)[O-])N=C2O1. The van der Waals surface area contributed by atoms with Crippen molar-refractivity contribution in [2.24, 2.45) is 4.99 Å². The maximum atomic E-state index is 12.0. The van der Waals surface area contributed by atoms with Crippen LogP contribution in [0, 0.1) is 10.1 Å². The number of hydrogen-bond acceptors (Lipinski definition) is 8. The average molecular weight is 402 g/mol. The van der Waals surface area contributed by atoms with Gasteiger partial charge in [0.2, 0.25) is 0 Å². The van der Waals surface area contributed by atoms with Gasteiger partial charge in [-0.05, 0) is 17.7 Å². The van der Waals surface area contributed by atoms with Gasteiger partial charge in [-0.2, -0.15) is 4.99 Å². The Hall–Kier alpha value is -3.14. The van der Waals surface area contributed by atoms with Gasteiger partial charge in [-0.3, -0.25) is 15.0 Å². The minimum absolute atomic E-state index is 0.147. The average Bonchev–Trinajstić information content (AvgIpc) is 3.32. The first kappa shape index (κ1) is 19.2. The molecule has 3 aliphatic rings. The number of hydrogen-bond donors (Lipinski definition) is 1. The summed E-state index contributed by atoms with van der Waals surface area (Å²) in [4.78, 5) is 30.3. The summed E-state index contributed by atoms with van der Waals surface area (Å²) in [6.07, 6.45) is 1.21. The van der Waals surface area contributed by atoms with Crippen LogP contribution in [0.5, 0.6) is 0 Å². The minimum atomic E-state index is -1.40. The molecular formula is C19H22N4O6. The summed E-state index contributed by atoms with van der Waals surface area (Å²) >= 11 is 0. The normalized spacial score (nSPS) is 30.6. The quantitative estimate of drug-likeness (QED) is 0.435. The molecule has 1 amide bonds. The van der Waals surface area contributed by atoms with E-state index in [-0.39, 0.29) is 25.7 Å². The van der Waals surface area contributed by atoms with Gasteiger partial charge in [-0.1, -0.05) is 18.2 Å². The Morgan fingerprint density at radius 1 is 1.41 bits per heavy atom. The lowest BCUT2D eigenvalue weighted by atomic mass is 9.90. The standard InChI is InChI=1S/C19H22N4O6/c1-3-8-19(12-21-11-18(2,23(26)27)20-16(21)29-19)13-4-6-14(7-5-13)22-9-15(10-24)28-17(22)25/h3-7,15,24H,1,8-12H2,2H3/t15-,18?,19?/m1/s1. The Labute approximate surface area is 167 Å². The van der Waals surface area contributed by atoms with Crippen molar-refractivity contribution in [1.29, 1.82) is 0 Å². The molecule has 0 spiro atoms. The number of cyclic esters (lactones) is 1. The monoisotopic (exact) mass is 402 g/mol. The lowest BCUT2D eigenvalue weighted by molar-refractivity contribution is -0.560. The van der Waals surface area contributed by atoms with Crippen LogP contribution in [0.3, 0.4) is 0 Å². The van der Waals surface area contributed by atoms with E-state index in [0.717, 1.165) is 5.56 Å². The molecule has 154 valence electrons. The topological polar surface area (TPSA) is 118 Å². The van der Waals surface area contributed by atoms with Crippen LogP contribution in [0.15, 0.2) is 41.9 Å². The molecule has 1 aromatic rings. The Morgan fingerprint density at radius 3 is 2.69 bits per heavy atom. The van der Waals surface area contributed by atoms with Gasteiger partial charge in [0.25, 0.3) is 6.02 Å². The van der Waals surface area contributed by atoms with Crippen LogP contribution in [0.2, 0.25) is 0 Å². The summed E-state index contributed by atoms with van der Waals surface area (Å²) in [6.45, 7) is 5.91. The molecule has 0 radical (unpaired) electrons. The molecule has 10 nitrogen and oxygen atoms in total. The first-order valence-corrected chi connectivity index (χ1v) is 9.29. The fraction of sp³-hybridized carbons (Fsp3) is 0.474.